The van der Waals surface area contributed by atoms with Crippen molar-refractivity contribution in [3.63, 3.8) is 0 Å². The van der Waals surface area contributed by atoms with Crippen LogP contribution in [0.5, 0.6) is 0 Å². The van der Waals surface area contributed by atoms with Gasteiger partial charge in [-0.2, -0.15) is 0 Å². The number of carbonyl (C=O) groups is 4. The maximum atomic E-state index is 14.3. The van der Waals surface area contributed by atoms with Gasteiger partial charge in [-0.25, -0.2) is 4.79 Å². The summed E-state index contributed by atoms with van der Waals surface area (Å²) < 4.78 is 30.7. The number of carbonyl (C=O) groups excluding carboxylic acids is 4. The maximum absolute atomic E-state index is 14.3. The number of ketones is 2. The molecule has 3 aliphatic heterocycles. The average Bonchev–Trinajstić information content (AvgIpc) is 3.26. The van der Waals surface area contributed by atoms with Gasteiger partial charge >= 0.3 is 12.1 Å². The minimum absolute atomic E-state index is 0.126. The smallest absolute Gasteiger partial charge is 0.410 e. The Labute approximate surface area is 274 Å². The third-order valence-corrected chi connectivity index (χ3v) is 10.6. The highest BCUT2D eigenvalue weighted by molar-refractivity contribution is 6.00. The molecule has 0 aromatic carbocycles. The molecule has 12 nitrogen and oxygen atoms in total. The normalized spacial score (nSPS) is 43.3. The summed E-state index contributed by atoms with van der Waals surface area (Å²) in [6, 6.07) is -0.971. The SMILES string of the molecule is CCCN1C(=O)O[C@]2(C)[C@@H](CC)OC(=O)[C@H](C)C(=O)[C@H](C)[C@@H](O[C@@H]3O[C@H](C)C[C@H](N(C)C)[C@H]3O)[C@](C)(OC)C[C@@H](C)C(=O)[C@H](C)[C@@H]12. The Bertz CT molecular complexity index is 1120. The fourth-order valence-electron chi connectivity index (χ4n) is 7.95. The molecular weight excluding hydrogens is 596 g/mol. The van der Waals surface area contributed by atoms with Gasteiger partial charge in [0.2, 0.25) is 0 Å². The lowest BCUT2D eigenvalue weighted by molar-refractivity contribution is -0.295. The summed E-state index contributed by atoms with van der Waals surface area (Å²) in [4.78, 5) is 58.8. The van der Waals surface area contributed by atoms with Gasteiger partial charge in [0.25, 0.3) is 0 Å². The number of aliphatic hydroxyl groups is 1. The van der Waals surface area contributed by atoms with E-state index in [0.29, 0.717) is 25.8 Å². The molecule has 0 aromatic heterocycles. The predicted octanol–water partition coefficient (Wildman–Crippen LogP) is 3.60. The summed E-state index contributed by atoms with van der Waals surface area (Å²) in [5.41, 5.74) is -2.55. The molecule has 0 aromatic rings. The third-order valence-electron chi connectivity index (χ3n) is 10.6. The molecule has 13 atom stereocenters. The lowest BCUT2D eigenvalue weighted by atomic mass is 9.73. The number of hydrogen-bond acceptors (Lipinski definition) is 11. The molecule has 0 unspecified atom stereocenters. The minimum Gasteiger partial charge on any atom is -0.458 e. The molecule has 0 bridgehead atoms. The van der Waals surface area contributed by atoms with Gasteiger partial charge in [-0.3, -0.25) is 14.4 Å². The van der Waals surface area contributed by atoms with Crippen molar-refractivity contribution in [2.45, 2.75) is 142 Å². The fourth-order valence-corrected chi connectivity index (χ4v) is 7.95. The first-order valence-electron chi connectivity index (χ1n) is 16.9. The Morgan fingerprint density at radius 2 is 1.63 bits per heavy atom. The Balaban J connectivity index is 2.13. The quantitative estimate of drug-likeness (QED) is 0.318. The lowest BCUT2D eigenvalue weighted by Crippen LogP contribution is -2.60. The highest BCUT2D eigenvalue weighted by Gasteiger charge is 2.60. The van der Waals surface area contributed by atoms with Crippen LogP contribution in [0.3, 0.4) is 0 Å². The molecule has 0 radical (unpaired) electrons. The van der Waals surface area contributed by atoms with E-state index in [4.69, 9.17) is 23.7 Å². The van der Waals surface area contributed by atoms with E-state index in [1.807, 2.05) is 39.8 Å². The zero-order valence-electron chi connectivity index (χ0n) is 29.9. The summed E-state index contributed by atoms with van der Waals surface area (Å²) in [5, 5.41) is 11.3. The van der Waals surface area contributed by atoms with E-state index in [-0.39, 0.29) is 24.3 Å². The Hall–Kier alpha value is -2.12. The van der Waals surface area contributed by atoms with Crippen LogP contribution in [-0.4, -0.2) is 120 Å². The standard InChI is InChI=1S/C34H58N2O10/c1-13-15-36-28-20(5)25(37)18(3)17-33(8,42-12)29(45-31-27(39)23(35(10)11)16-19(4)43-31)21(6)26(38)22(7)30(40)44-24(14-2)34(28,9)46-32(36)41/h18-24,27-29,31,39H,13-17H2,1-12H3/t18-,19-,20+,21+,22-,23+,24-,27-,28-,29-,31+,33-,34-/m1/s1. The summed E-state index contributed by atoms with van der Waals surface area (Å²) in [6.07, 6.45) is -3.16. The number of likely N-dealkylation sites (N-methyl/N-ethyl adjacent to an activating group) is 1. The lowest BCUT2D eigenvalue weighted by Gasteiger charge is -2.47. The summed E-state index contributed by atoms with van der Waals surface area (Å²) in [7, 11) is 5.24. The van der Waals surface area contributed by atoms with Crippen LogP contribution in [0.1, 0.15) is 88.0 Å². The first-order chi connectivity index (χ1) is 21.4. The molecule has 3 heterocycles. The van der Waals surface area contributed by atoms with E-state index in [1.165, 1.54) is 14.0 Å². The van der Waals surface area contributed by atoms with E-state index in [2.05, 4.69) is 0 Å². The number of fused-ring (bicyclic) bond motifs is 1. The largest absolute Gasteiger partial charge is 0.458 e. The summed E-state index contributed by atoms with van der Waals surface area (Å²) in [6.45, 7) is 16.2. The zero-order chi connectivity index (χ0) is 34.9. The van der Waals surface area contributed by atoms with Gasteiger partial charge in [-0.05, 0) is 67.5 Å². The van der Waals surface area contributed by atoms with Crippen LogP contribution in [0.2, 0.25) is 0 Å². The van der Waals surface area contributed by atoms with Crippen LogP contribution in [0.4, 0.5) is 4.79 Å². The molecule has 3 rings (SSSR count). The van der Waals surface area contributed by atoms with E-state index in [0.717, 1.165) is 0 Å². The van der Waals surface area contributed by atoms with Crippen molar-refractivity contribution in [3.8, 4) is 0 Å². The van der Waals surface area contributed by atoms with Crippen LogP contribution >= 0.6 is 0 Å². The molecule has 1 amide bonds. The van der Waals surface area contributed by atoms with Crippen LogP contribution in [0.25, 0.3) is 0 Å². The van der Waals surface area contributed by atoms with Crippen LogP contribution in [0, 0.1) is 23.7 Å². The van der Waals surface area contributed by atoms with Gasteiger partial charge in [-0.15, -0.1) is 0 Å². The van der Waals surface area contributed by atoms with Gasteiger partial charge < -0.3 is 38.6 Å². The number of esters is 1. The molecule has 12 heteroatoms. The second kappa shape index (κ2) is 15.0. The number of nitrogens with zero attached hydrogens (tertiary/aromatic N) is 2. The van der Waals surface area contributed by atoms with Crippen LogP contribution in [-0.2, 0) is 38.1 Å². The number of amides is 1. The zero-order valence-corrected chi connectivity index (χ0v) is 29.9. The van der Waals surface area contributed by atoms with Crippen molar-refractivity contribution in [2.24, 2.45) is 23.7 Å². The second-order valence-corrected chi connectivity index (χ2v) is 14.4. The molecule has 1 N–H and O–H groups in total. The van der Waals surface area contributed by atoms with Crippen molar-refractivity contribution in [1.29, 1.82) is 0 Å². The summed E-state index contributed by atoms with van der Waals surface area (Å²) >= 11 is 0. The van der Waals surface area contributed by atoms with Crippen molar-refractivity contribution in [2.75, 3.05) is 27.7 Å². The molecule has 0 aliphatic carbocycles. The number of methoxy groups -OCH3 is 1. The topological polar surface area (TPSA) is 141 Å². The first kappa shape index (κ1) is 38.3. The highest BCUT2D eigenvalue weighted by Crippen LogP contribution is 2.43. The minimum atomic E-state index is -1.33. The van der Waals surface area contributed by atoms with Crippen LogP contribution in [0.15, 0.2) is 0 Å². The number of Topliss-reactive ketones (excluding diaryl/α,β-unsaturated/α-hetero) is 2. The highest BCUT2D eigenvalue weighted by atomic mass is 16.7. The Morgan fingerprint density at radius 1 is 1.00 bits per heavy atom. The predicted molar refractivity (Wildman–Crippen MR) is 170 cm³/mol. The molecule has 264 valence electrons. The molecule has 3 fully saturated rings. The van der Waals surface area contributed by atoms with E-state index in [1.54, 1.807) is 39.5 Å². The van der Waals surface area contributed by atoms with E-state index >= 15 is 0 Å². The molecule has 0 spiro atoms. The maximum Gasteiger partial charge on any atom is 0.410 e. The first-order valence-corrected chi connectivity index (χ1v) is 16.9. The second-order valence-electron chi connectivity index (χ2n) is 14.4. The van der Waals surface area contributed by atoms with Gasteiger partial charge in [0, 0.05) is 37.5 Å². The van der Waals surface area contributed by atoms with Gasteiger partial charge in [0.15, 0.2) is 17.7 Å². The molecular formula is C34H58N2O10. The van der Waals surface area contributed by atoms with Crippen molar-refractivity contribution >= 4 is 23.6 Å². The Kier molecular flexibility index (Phi) is 12.5. The van der Waals surface area contributed by atoms with Crippen molar-refractivity contribution < 1.29 is 48.0 Å². The number of aliphatic hydroxyl groups excluding tert-OH is 1. The number of rotatable bonds is 7. The molecule has 3 aliphatic rings. The number of hydrogen-bond donors (Lipinski definition) is 1. The fraction of sp³-hybridized carbons (Fsp3) is 0.882. The molecule has 46 heavy (non-hydrogen) atoms. The average molecular weight is 655 g/mol. The van der Waals surface area contributed by atoms with Crippen molar-refractivity contribution in [3.05, 3.63) is 0 Å². The number of cyclic esters (lactones) is 1. The molecule has 0 saturated carbocycles. The van der Waals surface area contributed by atoms with Gasteiger partial charge in [-0.1, -0.05) is 34.6 Å². The van der Waals surface area contributed by atoms with Gasteiger partial charge in [0.05, 0.1) is 23.9 Å². The molecule has 3 saturated heterocycles. The number of ether oxygens (including phenoxy) is 5. The van der Waals surface area contributed by atoms with Gasteiger partial charge in [0.1, 0.15) is 23.9 Å². The van der Waals surface area contributed by atoms with E-state index < -0.39 is 83.4 Å². The third kappa shape index (κ3) is 7.31. The monoisotopic (exact) mass is 654 g/mol. The van der Waals surface area contributed by atoms with Crippen LogP contribution < -0.4 is 0 Å². The Morgan fingerprint density at radius 3 is 2.17 bits per heavy atom. The summed E-state index contributed by atoms with van der Waals surface area (Å²) in [5.74, 6) is -4.72. The van der Waals surface area contributed by atoms with E-state index in [9.17, 15) is 24.3 Å². The van der Waals surface area contributed by atoms with Crippen molar-refractivity contribution in [1.82, 2.24) is 9.80 Å².